The minimum atomic E-state index is -4.52. The Morgan fingerprint density at radius 3 is 2.30 bits per heavy atom. The number of nitrogens with one attached hydrogen (secondary N) is 1. The van der Waals surface area contributed by atoms with Crippen molar-refractivity contribution in [3.05, 3.63) is 59.9 Å². The predicted octanol–water partition coefficient (Wildman–Crippen LogP) is 1.82. The molecule has 2 aromatic carbocycles. The van der Waals surface area contributed by atoms with Crippen molar-refractivity contribution < 1.29 is 50.6 Å². The molecule has 0 saturated carbocycles. The summed E-state index contributed by atoms with van der Waals surface area (Å²) in [6, 6.07) is 10.5. The Morgan fingerprint density at radius 1 is 1.15 bits per heavy atom. The average Bonchev–Trinajstić information content (AvgIpc) is 3.25. The molecular formula is C24H29F3N4O8S. The number of alkyl halides is 3. The number of aryl methyl sites for hydroxylation is 1. The van der Waals surface area contributed by atoms with Crippen LogP contribution in [0.1, 0.15) is 16.1 Å². The van der Waals surface area contributed by atoms with Crippen LogP contribution in [-0.4, -0.2) is 77.3 Å². The van der Waals surface area contributed by atoms with E-state index >= 15 is 0 Å². The van der Waals surface area contributed by atoms with Gasteiger partial charge in [0.2, 0.25) is 0 Å². The van der Waals surface area contributed by atoms with Crippen LogP contribution in [0.15, 0.2) is 48.7 Å². The molecular weight excluding hydrogens is 561 g/mol. The van der Waals surface area contributed by atoms with Crippen molar-refractivity contribution in [2.24, 2.45) is 12.8 Å². The molecule has 0 aliphatic heterocycles. The third-order valence-corrected chi connectivity index (χ3v) is 4.88. The Morgan fingerprint density at radius 2 is 1.75 bits per heavy atom. The first-order valence-corrected chi connectivity index (χ1v) is 13.3. The summed E-state index contributed by atoms with van der Waals surface area (Å²) >= 11 is 0. The number of hydrogen-bond acceptors (Lipinski definition) is 9. The fourth-order valence-electron chi connectivity index (χ4n) is 3.13. The summed E-state index contributed by atoms with van der Waals surface area (Å²) < 4.78 is 76.7. The van der Waals surface area contributed by atoms with E-state index in [1.54, 1.807) is 24.3 Å². The van der Waals surface area contributed by atoms with Crippen LogP contribution in [0.25, 0.3) is 11.4 Å². The minimum absolute atomic E-state index is 0.00619. The van der Waals surface area contributed by atoms with E-state index in [1.165, 1.54) is 29.8 Å². The number of nitrogens with zero attached hydrogens (tertiary/aromatic N) is 2. The lowest BCUT2D eigenvalue weighted by atomic mass is 10.2. The molecule has 1 atom stereocenters. The molecule has 0 radical (unpaired) electrons. The number of aliphatic hydroxyl groups is 1. The van der Waals surface area contributed by atoms with Crippen LogP contribution in [0.2, 0.25) is 0 Å². The smallest absolute Gasteiger partial charge is 0.434 e. The number of primary amides is 1. The van der Waals surface area contributed by atoms with E-state index in [4.69, 9.17) is 19.8 Å². The van der Waals surface area contributed by atoms with Crippen molar-refractivity contribution in [3.8, 4) is 28.6 Å². The number of carbonyl (C=O) groups excluding carboxylic acids is 1. The lowest BCUT2D eigenvalue weighted by Crippen LogP contribution is -2.33. The topological polar surface area (TPSA) is 186 Å². The molecule has 0 aliphatic carbocycles. The van der Waals surface area contributed by atoms with Crippen molar-refractivity contribution in [2.45, 2.75) is 12.3 Å². The summed E-state index contributed by atoms with van der Waals surface area (Å²) in [7, 11) is -2.18. The van der Waals surface area contributed by atoms with Crippen LogP contribution in [0.4, 0.5) is 13.2 Å². The number of nitrogens with two attached hydrogens (primary N) is 1. The second-order valence-electron chi connectivity index (χ2n) is 8.38. The van der Waals surface area contributed by atoms with E-state index in [1.807, 2.05) is 0 Å². The number of amides is 1. The van der Waals surface area contributed by atoms with Gasteiger partial charge in [0.25, 0.3) is 16.0 Å². The number of carbonyl (C=O) groups is 1. The van der Waals surface area contributed by atoms with Gasteiger partial charge in [0.1, 0.15) is 42.4 Å². The summed E-state index contributed by atoms with van der Waals surface area (Å²) in [5, 5.41) is 22.6. The molecule has 0 fully saturated rings. The van der Waals surface area contributed by atoms with Gasteiger partial charge in [-0.2, -0.15) is 21.6 Å². The van der Waals surface area contributed by atoms with Crippen LogP contribution < -0.4 is 20.5 Å². The zero-order chi connectivity index (χ0) is 30.1. The quantitative estimate of drug-likeness (QED) is 0.163. The third-order valence-electron chi connectivity index (χ3n) is 4.88. The number of aliphatic hydroxyl groups excluding tert-OH is 1. The number of imidazole rings is 1. The van der Waals surface area contributed by atoms with E-state index in [9.17, 15) is 36.6 Å². The maximum Gasteiger partial charge on any atom is 0.434 e. The molecule has 0 spiro atoms. The molecule has 3 rings (SSSR count). The van der Waals surface area contributed by atoms with Gasteiger partial charge >= 0.3 is 6.18 Å². The van der Waals surface area contributed by atoms with Gasteiger partial charge in [-0.3, -0.25) is 9.35 Å². The van der Waals surface area contributed by atoms with Gasteiger partial charge in [-0.25, -0.2) is 4.98 Å². The Hall–Kier alpha value is -3.86. The zero-order valence-corrected chi connectivity index (χ0v) is 22.2. The van der Waals surface area contributed by atoms with Gasteiger partial charge in [-0.15, -0.1) is 0 Å². The number of rotatable bonds is 11. The van der Waals surface area contributed by atoms with Crippen LogP contribution in [-0.2, 0) is 23.3 Å². The molecule has 40 heavy (non-hydrogen) atoms. The van der Waals surface area contributed by atoms with E-state index in [-0.39, 0.29) is 36.9 Å². The average molecular weight is 591 g/mol. The van der Waals surface area contributed by atoms with E-state index in [0.29, 0.717) is 29.9 Å². The SMILES string of the molecule is CS(=O)(=O)O.Cn1cc(C(F)(F)F)nc1-c1ccc(OCC(O)CNCCOc2ccc(O)c(C(N)=O)c2)cc1. The molecule has 0 saturated heterocycles. The fourth-order valence-corrected chi connectivity index (χ4v) is 3.13. The highest BCUT2D eigenvalue weighted by molar-refractivity contribution is 7.85. The number of phenols is 1. The Kier molecular flexibility index (Phi) is 11.3. The highest BCUT2D eigenvalue weighted by Crippen LogP contribution is 2.31. The summed E-state index contributed by atoms with van der Waals surface area (Å²) in [6.45, 7) is 0.841. The molecule has 6 N–H and O–H groups in total. The van der Waals surface area contributed by atoms with E-state index in [0.717, 1.165) is 6.20 Å². The molecule has 0 bridgehead atoms. The maximum absolute atomic E-state index is 12.8. The molecule has 12 nitrogen and oxygen atoms in total. The highest BCUT2D eigenvalue weighted by Gasteiger charge is 2.34. The molecule has 220 valence electrons. The lowest BCUT2D eigenvalue weighted by molar-refractivity contribution is -0.140. The molecule has 16 heteroatoms. The van der Waals surface area contributed by atoms with Crippen molar-refractivity contribution in [3.63, 3.8) is 0 Å². The van der Waals surface area contributed by atoms with Crippen LogP contribution in [0, 0.1) is 0 Å². The Bertz CT molecular complexity index is 1370. The standard InChI is InChI=1S/C23H25F3N4O5.CH4O3S/c1-30-12-20(23(24,25)26)29-22(30)14-2-4-16(5-3-14)35-13-15(31)11-28-8-9-34-17-6-7-19(32)18(10-17)21(27)33;1-5(2,3)4/h2-7,10,12,15,28,31-32H,8-9,11,13H2,1H3,(H2,27,33);1H3,(H,2,3,4). The number of halogens is 3. The lowest BCUT2D eigenvalue weighted by Gasteiger charge is -2.14. The second kappa shape index (κ2) is 14.0. The summed E-state index contributed by atoms with van der Waals surface area (Å²) in [6.07, 6.45) is -3.70. The van der Waals surface area contributed by atoms with Crippen molar-refractivity contribution >= 4 is 16.0 Å². The monoisotopic (exact) mass is 590 g/mol. The van der Waals surface area contributed by atoms with Crippen LogP contribution in [0.5, 0.6) is 17.2 Å². The summed E-state index contributed by atoms with van der Waals surface area (Å²) in [5.41, 5.74) is 4.66. The molecule has 3 aromatic rings. The normalized spacial score (nSPS) is 12.3. The van der Waals surface area contributed by atoms with Gasteiger partial charge in [0.15, 0.2) is 5.69 Å². The van der Waals surface area contributed by atoms with Gasteiger partial charge in [0.05, 0.1) is 11.8 Å². The predicted molar refractivity (Wildman–Crippen MR) is 138 cm³/mol. The maximum atomic E-state index is 12.8. The molecule has 1 heterocycles. The number of aromatic nitrogens is 2. The van der Waals surface area contributed by atoms with E-state index < -0.39 is 34.0 Å². The first kappa shape index (κ1) is 32.4. The molecule has 1 unspecified atom stereocenters. The van der Waals surface area contributed by atoms with Crippen LogP contribution >= 0.6 is 0 Å². The first-order chi connectivity index (χ1) is 18.5. The van der Waals surface area contributed by atoms with Crippen molar-refractivity contribution in [2.75, 3.05) is 32.6 Å². The summed E-state index contributed by atoms with van der Waals surface area (Å²) in [4.78, 5) is 14.9. The third kappa shape index (κ3) is 11.1. The van der Waals surface area contributed by atoms with E-state index in [2.05, 4.69) is 10.3 Å². The second-order valence-corrected chi connectivity index (χ2v) is 9.84. The number of aromatic hydroxyl groups is 1. The fraction of sp³-hybridized carbons (Fsp3) is 0.333. The number of hydrogen-bond donors (Lipinski definition) is 5. The number of benzene rings is 2. The highest BCUT2D eigenvalue weighted by atomic mass is 32.2. The van der Waals surface area contributed by atoms with Crippen molar-refractivity contribution in [1.82, 2.24) is 14.9 Å². The molecule has 0 aliphatic rings. The van der Waals surface area contributed by atoms with Gasteiger partial charge in [-0.1, -0.05) is 0 Å². The molecule has 1 aromatic heterocycles. The first-order valence-electron chi connectivity index (χ1n) is 11.4. The Labute approximate surface area is 227 Å². The van der Waals surface area contributed by atoms with Gasteiger partial charge in [-0.05, 0) is 42.5 Å². The van der Waals surface area contributed by atoms with Gasteiger partial charge in [0, 0.05) is 31.9 Å². The van der Waals surface area contributed by atoms with Crippen LogP contribution in [0.3, 0.4) is 0 Å². The minimum Gasteiger partial charge on any atom is -0.507 e. The molecule has 1 amide bonds. The largest absolute Gasteiger partial charge is 0.507 e. The summed E-state index contributed by atoms with van der Waals surface area (Å²) in [5.74, 6) is -0.0117. The Balaban J connectivity index is 0.00000103. The van der Waals surface area contributed by atoms with Crippen molar-refractivity contribution in [1.29, 1.82) is 0 Å². The number of ether oxygens (including phenoxy) is 2. The zero-order valence-electron chi connectivity index (χ0n) is 21.4. The van der Waals surface area contributed by atoms with Gasteiger partial charge < -0.3 is 35.3 Å².